The van der Waals surface area contributed by atoms with Crippen LogP contribution in [0.15, 0.2) is 12.3 Å². The lowest BCUT2D eigenvalue weighted by Gasteiger charge is -2.21. The molecule has 0 aromatic carbocycles. The minimum Gasteiger partial charge on any atom is -0.355 e. The van der Waals surface area contributed by atoms with Crippen LogP contribution in [0.25, 0.3) is 0 Å². The van der Waals surface area contributed by atoms with E-state index < -0.39 is 0 Å². The highest BCUT2D eigenvalue weighted by molar-refractivity contribution is 6.36. The molecule has 100 valence electrons. The Morgan fingerprint density at radius 2 is 2.28 bits per heavy atom. The first-order valence-electron chi connectivity index (χ1n) is 6.34. The van der Waals surface area contributed by atoms with Gasteiger partial charge in [-0.05, 0) is 32.0 Å². The van der Waals surface area contributed by atoms with E-state index in [1.807, 2.05) is 0 Å². The Bertz CT molecular complexity index is 411. The van der Waals surface area contributed by atoms with Gasteiger partial charge in [0.1, 0.15) is 5.82 Å². The van der Waals surface area contributed by atoms with Crippen LogP contribution >= 0.6 is 23.2 Å². The van der Waals surface area contributed by atoms with Crippen molar-refractivity contribution in [3.63, 3.8) is 0 Å². The van der Waals surface area contributed by atoms with Crippen LogP contribution in [0.4, 0.5) is 5.82 Å². The molecule has 2 rings (SSSR count). The molecule has 3 nitrogen and oxygen atoms in total. The van der Waals surface area contributed by atoms with Crippen molar-refractivity contribution in [3.8, 4) is 0 Å². The van der Waals surface area contributed by atoms with E-state index in [9.17, 15) is 0 Å². The number of hydrogen-bond acceptors (Lipinski definition) is 3. The SMILES string of the molecule is CCN(C)C[C@H]1CCN(c2ncc(Cl)cc2Cl)C1. The second-order valence-electron chi connectivity index (χ2n) is 4.91. The van der Waals surface area contributed by atoms with Gasteiger partial charge in [-0.2, -0.15) is 0 Å². The lowest BCUT2D eigenvalue weighted by molar-refractivity contribution is 0.300. The molecular formula is C13H19Cl2N3. The topological polar surface area (TPSA) is 19.4 Å². The Balaban J connectivity index is 2.00. The van der Waals surface area contributed by atoms with Crippen LogP contribution in [-0.2, 0) is 0 Å². The second-order valence-corrected chi connectivity index (χ2v) is 5.76. The third-order valence-corrected chi connectivity index (χ3v) is 3.97. The monoisotopic (exact) mass is 287 g/mol. The molecule has 1 saturated heterocycles. The molecule has 0 N–H and O–H groups in total. The predicted octanol–water partition coefficient (Wildman–Crippen LogP) is 3.17. The van der Waals surface area contributed by atoms with E-state index in [0.717, 1.165) is 32.0 Å². The summed E-state index contributed by atoms with van der Waals surface area (Å²) in [5.74, 6) is 1.56. The van der Waals surface area contributed by atoms with Gasteiger partial charge in [0, 0.05) is 25.8 Å². The predicted molar refractivity (Wildman–Crippen MR) is 77.7 cm³/mol. The number of pyridine rings is 1. The van der Waals surface area contributed by atoms with Crippen molar-refractivity contribution in [1.82, 2.24) is 9.88 Å². The number of halogens is 2. The average molecular weight is 288 g/mol. The first kappa shape index (κ1) is 13.9. The molecule has 1 aliphatic heterocycles. The van der Waals surface area contributed by atoms with Gasteiger partial charge < -0.3 is 9.80 Å². The Hall–Kier alpha value is -0.510. The van der Waals surface area contributed by atoms with Crippen LogP contribution in [0.5, 0.6) is 0 Å². The number of anilines is 1. The van der Waals surface area contributed by atoms with Gasteiger partial charge in [0.05, 0.1) is 10.0 Å². The fourth-order valence-electron chi connectivity index (χ4n) is 2.38. The molecule has 0 radical (unpaired) electrons. The molecule has 1 aliphatic rings. The molecule has 1 aromatic rings. The van der Waals surface area contributed by atoms with Gasteiger partial charge in [-0.3, -0.25) is 0 Å². The molecule has 0 bridgehead atoms. The molecule has 0 saturated carbocycles. The van der Waals surface area contributed by atoms with Crippen LogP contribution in [0.2, 0.25) is 10.0 Å². The maximum Gasteiger partial charge on any atom is 0.147 e. The second kappa shape index (κ2) is 6.09. The highest BCUT2D eigenvalue weighted by atomic mass is 35.5. The molecule has 0 unspecified atom stereocenters. The maximum absolute atomic E-state index is 6.19. The zero-order chi connectivity index (χ0) is 13.1. The van der Waals surface area contributed by atoms with Gasteiger partial charge in [0.2, 0.25) is 0 Å². The highest BCUT2D eigenvalue weighted by Crippen LogP contribution is 2.30. The van der Waals surface area contributed by atoms with Gasteiger partial charge >= 0.3 is 0 Å². The normalized spacial score (nSPS) is 19.8. The summed E-state index contributed by atoms with van der Waals surface area (Å²) >= 11 is 12.1. The molecule has 1 atom stereocenters. The van der Waals surface area contributed by atoms with Crippen molar-refractivity contribution in [3.05, 3.63) is 22.3 Å². The summed E-state index contributed by atoms with van der Waals surface area (Å²) < 4.78 is 0. The Labute approximate surface area is 119 Å². The first-order chi connectivity index (χ1) is 8.60. The van der Waals surface area contributed by atoms with E-state index >= 15 is 0 Å². The molecule has 18 heavy (non-hydrogen) atoms. The van der Waals surface area contributed by atoms with Gasteiger partial charge in [-0.15, -0.1) is 0 Å². The number of rotatable bonds is 4. The third-order valence-electron chi connectivity index (χ3n) is 3.48. The molecule has 5 heteroatoms. The third kappa shape index (κ3) is 3.28. The summed E-state index contributed by atoms with van der Waals surface area (Å²) in [6, 6.07) is 1.76. The fraction of sp³-hybridized carbons (Fsp3) is 0.615. The lowest BCUT2D eigenvalue weighted by atomic mass is 10.1. The molecule has 0 spiro atoms. The summed E-state index contributed by atoms with van der Waals surface area (Å²) in [6.45, 7) is 6.47. The van der Waals surface area contributed by atoms with Crippen molar-refractivity contribution in [2.24, 2.45) is 5.92 Å². The smallest absolute Gasteiger partial charge is 0.147 e. The zero-order valence-electron chi connectivity index (χ0n) is 10.9. The summed E-state index contributed by atoms with van der Waals surface area (Å²) in [6.07, 6.45) is 2.86. The Morgan fingerprint density at radius 3 is 2.94 bits per heavy atom. The maximum atomic E-state index is 6.19. The first-order valence-corrected chi connectivity index (χ1v) is 7.10. The molecule has 1 aromatic heterocycles. The molecule has 1 fully saturated rings. The highest BCUT2D eigenvalue weighted by Gasteiger charge is 2.25. The van der Waals surface area contributed by atoms with E-state index in [1.165, 1.54) is 6.42 Å². The van der Waals surface area contributed by atoms with Crippen LogP contribution in [0.3, 0.4) is 0 Å². The Kier molecular flexibility index (Phi) is 4.71. The number of aromatic nitrogens is 1. The molecule has 2 heterocycles. The van der Waals surface area contributed by atoms with Crippen LogP contribution in [-0.4, -0.2) is 43.1 Å². The van der Waals surface area contributed by atoms with Crippen LogP contribution < -0.4 is 4.90 Å². The number of hydrogen-bond donors (Lipinski definition) is 0. The van der Waals surface area contributed by atoms with E-state index in [1.54, 1.807) is 12.3 Å². The lowest BCUT2D eigenvalue weighted by Crippen LogP contribution is -2.28. The summed E-state index contributed by atoms with van der Waals surface area (Å²) in [5.41, 5.74) is 0. The zero-order valence-corrected chi connectivity index (χ0v) is 12.4. The summed E-state index contributed by atoms with van der Waals surface area (Å²) in [5, 5.41) is 1.23. The summed E-state index contributed by atoms with van der Waals surface area (Å²) in [7, 11) is 2.16. The minimum absolute atomic E-state index is 0.588. The Morgan fingerprint density at radius 1 is 1.50 bits per heavy atom. The van der Waals surface area contributed by atoms with Crippen molar-refractivity contribution < 1.29 is 0 Å². The van der Waals surface area contributed by atoms with E-state index in [2.05, 4.69) is 28.8 Å². The van der Waals surface area contributed by atoms with Crippen molar-refractivity contribution in [1.29, 1.82) is 0 Å². The van der Waals surface area contributed by atoms with E-state index in [0.29, 0.717) is 16.0 Å². The molecule has 0 aliphatic carbocycles. The van der Waals surface area contributed by atoms with E-state index in [-0.39, 0.29) is 0 Å². The molecule has 0 amide bonds. The molecular weight excluding hydrogens is 269 g/mol. The van der Waals surface area contributed by atoms with Gasteiger partial charge in [-0.25, -0.2) is 4.98 Å². The van der Waals surface area contributed by atoms with E-state index in [4.69, 9.17) is 23.2 Å². The summed E-state index contributed by atoms with van der Waals surface area (Å²) in [4.78, 5) is 8.95. The standard InChI is InChI=1S/C13H19Cl2N3/c1-3-17(2)8-10-4-5-18(9-10)13-12(15)6-11(14)7-16-13/h6-7,10H,3-5,8-9H2,1-2H3/t10-/m1/s1. The fourth-order valence-corrected chi connectivity index (χ4v) is 2.88. The quantitative estimate of drug-likeness (QED) is 0.848. The van der Waals surface area contributed by atoms with Gasteiger partial charge in [0.25, 0.3) is 0 Å². The van der Waals surface area contributed by atoms with Crippen molar-refractivity contribution in [2.45, 2.75) is 13.3 Å². The largest absolute Gasteiger partial charge is 0.355 e. The van der Waals surface area contributed by atoms with Crippen LogP contribution in [0.1, 0.15) is 13.3 Å². The minimum atomic E-state index is 0.588. The van der Waals surface area contributed by atoms with Gasteiger partial charge in [0.15, 0.2) is 0 Å². The van der Waals surface area contributed by atoms with Crippen molar-refractivity contribution >= 4 is 29.0 Å². The van der Waals surface area contributed by atoms with Gasteiger partial charge in [-0.1, -0.05) is 30.1 Å². The number of nitrogens with zero attached hydrogens (tertiary/aromatic N) is 3. The average Bonchev–Trinajstić information content (AvgIpc) is 2.77. The van der Waals surface area contributed by atoms with Crippen molar-refractivity contribution in [2.75, 3.05) is 38.1 Å². The van der Waals surface area contributed by atoms with Crippen LogP contribution in [0, 0.1) is 5.92 Å².